The molecule has 0 fully saturated rings. The van der Waals surface area contributed by atoms with Gasteiger partial charge in [0.2, 0.25) is 5.91 Å². The van der Waals surface area contributed by atoms with Crippen molar-refractivity contribution in [3.63, 3.8) is 0 Å². The van der Waals surface area contributed by atoms with E-state index in [4.69, 9.17) is 4.84 Å². The number of unbranched alkanes of at least 4 members (excludes halogenated alkanes) is 2. The zero-order chi connectivity index (χ0) is 16.7. The Kier molecular flexibility index (Phi) is 6.75. The Morgan fingerprint density at radius 2 is 1.77 bits per heavy atom. The summed E-state index contributed by atoms with van der Waals surface area (Å²) in [5.41, 5.74) is 0. The van der Waals surface area contributed by atoms with Crippen molar-refractivity contribution < 1.29 is 24.0 Å². The third-order valence-corrected chi connectivity index (χ3v) is 3.19. The maximum atomic E-state index is 12.1. The Hall–Kier alpha value is -2.18. The lowest BCUT2D eigenvalue weighted by atomic mass is 10.0. The molecular formula is C15H22N2O5. The van der Waals surface area contributed by atoms with E-state index < -0.39 is 23.8 Å². The maximum absolute atomic E-state index is 12.1. The van der Waals surface area contributed by atoms with Crippen LogP contribution in [0, 0.1) is 5.92 Å². The molecule has 0 aromatic carbocycles. The van der Waals surface area contributed by atoms with Gasteiger partial charge in [-0.2, -0.15) is 0 Å². The first kappa shape index (κ1) is 17.9. The second-order valence-corrected chi connectivity index (χ2v) is 5.46. The molecule has 1 atom stereocenters. The van der Waals surface area contributed by atoms with Crippen LogP contribution in [0.25, 0.3) is 0 Å². The van der Waals surface area contributed by atoms with Gasteiger partial charge < -0.3 is 10.2 Å². The lowest BCUT2D eigenvalue weighted by molar-refractivity contribution is -0.198. The first-order chi connectivity index (χ1) is 10.4. The number of hydrogen-bond acceptors (Lipinski definition) is 5. The molecule has 0 unspecified atom stereocenters. The smallest absolute Gasteiger partial charge is 0.342 e. The van der Waals surface area contributed by atoms with E-state index in [1.54, 1.807) is 13.8 Å². The number of hydroxylamine groups is 2. The predicted octanol–water partition coefficient (Wildman–Crippen LogP) is 1.09. The number of imide groups is 1. The SMILES string of the molecule is CCCCCC(=O)N[C@H](C(=O)ON1C(=O)C=CC1=O)C(C)C. The zero-order valence-corrected chi connectivity index (χ0v) is 13.1. The second-order valence-electron chi connectivity index (χ2n) is 5.46. The van der Waals surface area contributed by atoms with Crippen molar-refractivity contribution in [2.75, 3.05) is 0 Å². The fraction of sp³-hybridized carbons (Fsp3) is 0.600. The van der Waals surface area contributed by atoms with Gasteiger partial charge in [0.25, 0.3) is 11.8 Å². The van der Waals surface area contributed by atoms with Gasteiger partial charge in [0.05, 0.1) is 0 Å². The summed E-state index contributed by atoms with van der Waals surface area (Å²) in [6.45, 7) is 5.51. The minimum absolute atomic E-state index is 0.233. The molecule has 7 heteroatoms. The number of amides is 3. The lowest BCUT2D eigenvalue weighted by Gasteiger charge is -2.22. The molecule has 22 heavy (non-hydrogen) atoms. The highest BCUT2D eigenvalue weighted by Gasteiger charge is 2.33. The molecule has 0 aliphatic carbocycles. The molecule has 1 heterocycles. The summed E-state index contributed by atoms with van der Waals surface area (Å²) >= 11 is 0. The molecule has 3 amide bonds. The highest BCUT2D eigenvalue weighted by atomic mass is 16.7. The number of nitrogens with zero attached hydrogens (tertiary/aromatic N) is 1. The van der Waals surface area contributed by atoms with Crippen molar-refractivity contribution in [3.05, 3.63) is 12.2 Å². The summed E-state index contributed by atoms with van der Waals surface area (Å²) in [7, 11) is 0. The Morgan fingerprint density at radius 1 is 1.18 bits per heavy atom. The standard InChI is InChI=1S/C15H22N2O5/c1-4-5-6-7-11(18)16-14(10(2)3)15(21)22-17-12(19)8-9-13(17)20/h8-10,14H,4-7H2,1-3H3,(H,16,18)/t14-/m0/s1. The Bertz CT molecular complexity index is 466. The van der Waals surface area contributed by atoms with E-state index in [0.29, 0.717) is 11.5 Å². The molecule has 1 N–H and O–H groups in total. The molecule has 1 aliphatic heterocycles. The van der Waals surface area contributed by atoms with E-state index in [-0.39, 0.29) is 11.8 Å². The second kappa shape index (κ2) is 8.31. The van der Waals surface area contributed by atoms with Gasteiger partial charge in [0.15, 0.2) is 0 Å². The van der Waals surface area contributed by atoms with Crippen LogP contribution in [-0.2, 0) is 24.0 Å². The average molecular weight is 310 g/mol. The van der Waals surface area contributed by atoms with Gasteiger partial charge in [-0.3, -0.25) is 14.4 Å². The molecule has 7 nitrogen and oxygen atoms in total. The highest BCUT2D eigenvalue weighted by Crippen LogP contribution is 2.10. The number of nitrogens with one attached hydrogen (secondary N) is 1. The monoisotopic (exact) mass is 310 g/mol. The minimum atomic E-state index is -0.907. The molecule has 0 saturated carbocycles. The quantitative estimate of drug-likeness (QED) is 0.535. The van der Waals surface area contributed by atoms with Crippen LogP contribution >= 0.6 is 0 Å². The average Bonchev–Trinajstić information content (AvgIpc) is 2.76. The summed E-state index contributed by atoms with van der Waals surface area (Å²) < 4.78 is 0. The van der Waals surface area contributed by atoms with Gasteiger partial charge in [-0.25, -0.2) is 4.79 Å². The van der Waals surface area contributed by atoms with E-state index in [1.807, 2.05) is 6.92 Å². The van der Waals surface area contributed by atoms with Crippen LogP contribution in [0.4, 0.5) is 0 Å². The van der Waals surface area contributed by atoms with Crippen molar-refractivity contribution in [3.8, 4) is 0 Å². The summed E-state index contributed by atoms with van der Waals surface area (Å²) in [6.07, 6.45) is 5.04. The van der Waals surface area contributed by atoms with E-state index in [9.17, 15) is 19.2 Å². The third-order valence-electron chi connectivity index (χ3n) is 3.19. The topological polar surface area (TPSA) is 92.8 Å². The Labute approximate surface area is 129 Å². The number of rotatable bonds is 8. The summed E-state index contributed by atoms with van der Waals surface area (Å²) in [5.74, 6) is -2.74. The summed E-state index contributed by atoms with van der Waals surface area (Å²) in [4.78, 5) is 51.4. The first-order valence-corrected chi connectivity index (χ1v) is 7.44. The van der Waals surface area contributed by atoms with Gasteiger partial charge >= 0.3 is 5.97 Å². The van der Waals surface area contributed by atoms with E-state index in [0.717, 1.165) is 31.4 Å². The van der Waals surface area contributed by atoms with Crippen LogP contribution in [0.15, 0.2) is 12.2 Å². The van der Waals surface area contributed by atoms with Gasteiger partial charge in [-0.05, 0) is 12.3 Å². The Balaban J connectivity index is 2.58. The summed E-state index contributed by atoms with van der Waals surface area (Å²) in [6, 6.07) is -0.907. The van der Waals surface area contributed by atoms with Crippen molar-refractivity contribution in [2.45, 2.75) is 52.5 Å². The molecular weight excluding hydrogens is 288 g/mol. The van der Waals surface area contributed by atoms with Crippen molar-refractivity contribution in [1.82, 2.24) is 10.4 Å². The normalized spacial score (nSPS) is 15.4. The van der Waals surface area contributed by atoms with Crippen LogP contribution in [0.1, 0.15) is 46.5 Å². The van der Waals surface area contributed by atoms with Crippen LogP contribution in [0.3, 0.4) is 0 Å². The molecule has 122 valence electrons. The minimum Gasteiger partial charge on any atom is -0.342 e. The number of hydrogen-bond donors (Lipinski definition) is 1. The van der Waals surface area contributed by atoms with E-state index in [1.165, 1.54) is 0 Å². The van der Waals surface area contributed by atoms with Crippen LogP contribution in [0.5, 0.6) is 0 Å². The largest absolute Gasteiger partial charge is 0.355 e. The molecule has 0 spiro atoms. The van der Waals surface area contributed by atoms with Crippen molar-refractivity contribution in [1.29, 1.82) is 0 Å². The molecule has 0 aromatic heterocycles. The number of carbonyl (C=O) groups excluding carboxylic acids is 4. The van der Waals surface area contributed by atoms with Gasteiger partial charge in [-0.15, -0.1) is 0 Å². The molecule has 0 bridgehead atoms. The maximum Gasteiger partial charge on any atom is 0.355 e. The van der Waals surface area contributed by atoms with Gasteiger partial charge in [-0.1, -0.05) is 38.7 Å². The van der Waals surface area contributed by atoms with Crippen LogP contribution in [-0.4, -0.2) is 34.8 Å². The predicted molar refractivity (Wildman–Crippen MR) is 78.0 cm³/mol. The zero-order valence-electron chi connectivity index (χ0n) is 13.1. The first-order valence-electron chi connectivity index (χ1n) is 7.44. The molecule has 0 radical (unpaired) electrons. The van der Waals surface area contributed by atoms with E-state index in [2.05, 4.69) is 5.32 Å². The molecule has 0 saturated heterocycles. The molecule has 1 rings (SSSR count). The van der Waals surface area contributed by atoms with Crippen LogP contribution < -0.4 is 5.32 Å². The fourth-order valence-corrected chi connectivity index (χ4v) is 1.90. The number of carbonyl (C=O) groups is 4. The lowest BCUT2D eigenvalue weighted by Crippen LogP contribution is -2.48. The van der Waals surface area contributed by atoms with Gasteiger partial charge in [0, 0.05) is 18.6 Å². The van der Waals surface area contributed by atoms with Crippen molar-refractivity contribution in [2.24, 2.45) is 5.92 Å². The van der Waals surface area contributed by atoms with E-state index >= 15 is 0 Å². The third kappa shape index (κ3) is 4.98. The molecule has 0 aromatic rings. The van der Waals surface area contributed by atoms with Gasteiger partial charge in [0.1, 0.15) is 6.04 Å². The summed E-state index contributed by atoms with van der Waals surface area (Å²) in [5, 5.41) is 2.99. The van der Waals surface area contributed by atoms with Crippen LogP contribution in [0.2, 0.25) is 0 Å². The fourth-order valence-electron chi connectivity index (χ4n) is 1.90. The van der Waals surface area contributed by atoms with Crippen molar-refractivity contribution >= 4 is 23.7 Å². The molecule has 1 aliphatic rings. The highest BCUT2D eigenvalue weighted by molar-refractivity contribution is 6.12. The Morgan fingerprint density at radius 3 is 2.27 bits per heavy atom.